The first kappa shape index (κ1) is 16.5. The Morgan fingerprint density at radius 1 is 1.20 bits per heavy atom. The van der Waals surface area contributed by atoms with Gasteiger partial charge in [0.15, 0.2) is 0 Å². The molecule has 1 aromatic carbocycles. The lowest BCUT2D eigenvalue weighted by molar-refractivity contribution is -0.139. The molecule has 0 aliphatic heterocycles. The maximum absolute atomic E-state index is 11.5. The highest BCUT2D eigenvalue weighted by Gasteiger charge is 2.14. The van der Waals surface area contributed by atoms with Crippen LogP contribution < -0.4 is 10.6 Å². The molecule has 20 heavy (non-hydrogen) atoms. The van der Waals surface area contributed by atoms with Crippen LogP contribution in [0.5, 0.6) is 0 Å². The number of rotatable bonds is 7. The molecule has 0 bridgehead atoms. The SMILES string of the molecule is CSCCC(O)CNC(=O)C(=O)NCc1ccccc1. The number of carbonyl (C=O) groups excluding carboxylic acids is 2. The second-order valence-electron chi connectivity index (χ2n) is 4.31. The minimum Gasteiger partial charge on any atom is -0.391 e. The first-order valence-corrected chi connectivity index (χ1v) is 7.80. The monoisotopic (exact) mass is 296 g/mol. The first-order valence-electron chi connectivity index (χ1n) is 6.40. The third kappa shape index (κ3) is 6.58. The lowest BCUT2D eigenvalue weighted by atomic mass is 10.2. The Kier molecular flexibility index (Phi) is 7.75. The molecule has 0 aliphatic carbocycles. The zero-order chi connectivity index (χ0) is 14.8. The van der Waals surface area contributed by atoms with Crippen LogP contribution in [0.2, 0.25) is 0 Å². The molecule has 1 aromatic rings. The fourth-order valence-corrected chi connectivity index (χ4v) is 2.01. The van der Waals surface area contributed by atoms with Crippen molar-refractivity contribution in [1.82, 2.24) is 10.6 Å². The van der Waals surface area contributed by atoms with E-state index in [0.29, 0.717) is 13.0 Å². The van der Waals surface area contributed by atoms with E-state index in [0.717, 1.165) is 11.3 Å². The van der Waals surface area contributed by atoms with Crippen LogP contribution in [0.3, 0.4) is 0 Å². The summed E-state index contributed by atoms with van der Waals surface area (Å²) in [4.78, 5) is 23.0. The zero-order valence-corrected chi connectivity index (χ0v) is 12.3. The molecule has 3 N–H and O–H groups in total. The van der Waals surface area contributed by atoms with E-state index in [1.165, 1.54) is 0 Å². The van der Waals surface area contributed by atoms with Gasteiger partial charge in [-0.05, 0) is 24.0 Å². The Hall–Kier alpha value is -1.53. The number of aliphatic hydroxyl groups excluding tert-OH is 1. The van der Waals surface area contributed by atoms with Crippen LogP contribution in [-0.4, -0.2) is 41.6 Å². The molecule has 0 radical (unpaired) electrons. The van der Waals surface area contributed by atoms with Gasteiger partial charge in [0.2, 0.25) is 0 Å². The van der Waals surface area contributed by atoms with Gasteiger partial charge < -0.3 is 15.7 Å². The lowest BCUT2D eigenvalue weighted by Crippen LogP contribution is -2.42. The van der Waals surface area contributed by atoms with Crippen LogP contribution in [0, 0.1) is 0 Å². The summed E-state index contributed by atoms with van der Waals surface area (Å²) in [5.74, 6) is -0.591. The summed E-state index contributed by atoms with van der Waals surface area (Å²) >= 11 is 1.62. The molecule has 5 nitrogen and oxygen atoms in total. The molecule has 1 rings (SSSR count). The normalized spacial score (nSPS) is 11.7. The number of carbonyl (C=O) groups is 2. The number of aliphatic hydroxyl groups is 1. The van der Waals surface area contributed by atoms with Crippen molar-refractivity contribution in [2.24, 2.45) is 0 Å². The molecule has 0 aromatic heterocycles. The van der Waals surface area contributed by atoms with E-state index in [2.05, 4.69) is 10.6 Å². The number of hydrogen-bond donors (Lipinski definition) is 3. The van der Waals surface area contributed by atoms with Crippen molar-refractivity contribution in [3.8, 4) is 0 Å². The van der Waals surface area contributed by atoms with Gasteiger partial charge in [-0.2, -0.15) is 11.8 Å². The van der Waals surface area contributed by atoms with E-state index in [-0.39, 0.29) is 6.54 Å². The van der Waals surface area contributed by atoms with Gasteiger partial charge in [-0.3, -0.25) is 9.59 Å². The second-order valence-corrected chi connectivity index (χ2v) is 5.30. The number of benzene rings is 1. The number of nitrogens with one attached hydrogen (secondary N) is 2. The Bertz CT molecular complexity index is 426. The van der Waals surface area contributed by atoms with Crippen LogP contribution in [0.4, 0.5) is 0 Å². The van der Waals surface area contributed by atoms with Crippen LogP contribution in [-0.2, 0) is 16.1 Å². The molecule has 0 saturated heterocycles. The molecular formula is C14H20N2O3S. The van der Waals surface area contributed by atoms with Gasteiger partial charge in [-0.25, -0.2) is 0 Å². The predicted molar refractivity (Wildman–Crippen MR) is 80.3 cm³/mol. The third-order valence-electron chi connectivity index (χ3n) is 2.66. The number of hydrogen-bond acceptors (Lipinski definition) is 4. The topological polar surface area (TPSA) is 78.4 Å². The van der Waals surface area contributed by atoms with Crippen molar-refractivity contribution in [1.29, 1.82) is 0 Å². The minimum absolute atomic E-state index is 0.0954. The van der Waals surface area contributed by atoms with E-state index >= 15 is 0 Å². The van der Waals surface area contributed by atoms with E-state index in [1.54, 1.807) is 11.8 Å². The van der Waals surface area contributed by atoms with Crippen molar-refractivity contribution >= 4 is 23.6 Å². The summed E-state index contributed by atoms with van der Waals surface area (Å²) in [6.07, 6.45) is 1.92. The molecule has 6 heteroatoms. The average Bonchev–Trinajstić information content (AvgIpc) is 2.49. The van der Waals surface area contributed by atoms with E-state index in [9.17, 15) is 14.7 Å². The second kappa shape index (κ2) is 9.39. The van der Waals surface area contributed by atoms with E-state index in [1.807, 2.05) is 36.6 Å². The van der Waals surface area contributed by atoms with Crippen molar-refractivity contribution in [2.75, 3.05) is 18.6 Å². The number of thioether (sulfide) groups is 1. The quantitative estimate of drug-likeness (QED) is 0.642. The molecule has 1 unspecified atom stereocenters. The molecular weight excluding hydrogens is 276 g/mol. The minimum atomic E-state index is -0.718. The van der Waals surface area contributed by atoms with Crippen molar-refractivity contribution in [2.45, 2.75) is 19.1 Å². The largest absolute Gasteiger partial charge is 0.391 e. The zero-order valence-electron chi connectivity index (χ0n) is 11.5. The molecule has 0 saturated carbocycles. The molecule has 0 heterocycles. The standard InChI is InChI=1S/C14H20N2O3S/c1-20-8-7-12(17)10-16-14(19)13(18)15-9-11-5-3-2-4-6-11/h2-6,12,17H,7-10H2,1H3,(H,15,18)(H,16,19). The van der Waals surface area contributed by atoms with Gasteiger partial charge in [0, 0.05) is 13.1 Å². The van der Waals surface area contributed by atoms with Gasteiger partial charge >= 0.3 is 11.8 Å². The number of amides is 2. The van der Waals surface area contributed by atoms with Crippen LogP contribution >= 0.6 is 11.8 Å². The summed E-state index contributed by atoms with van der Waals surface area (Å²) in [7, 11) is 0. The van der Waals surface area contributed by atoms with Gasteiger partial charge in [0.25, 0.3) is 0 Å². The van der Waals surface area contributed by atoms with Crippen molar-refractivity contribution in [3.63, 3.8) is 0 Å². The predicted octanol–water partition coefficient (Wildman–Crippen LogP) is 0.533. The van der Waals surface area contributed by atoms with Crippen LogP contribution in [0.25, 0.3) is 0 Å². The van der Waals surface area contributed by atoms with Crippen molar-refractivity contribution < 1.29 is 14.7 Å². The smallest absolute Gasteiger partial charge is 0.309 e. The summed E-state index contributed by atoms with van der Waals surface area (Å²) in [6.45, 7) is 0.403. The fraction of sp³-hybridized carbons (Fsp3) is 0.429. The Morgan fingerprint density at radius 2 is 1.85 bits per heavy atom. The van der Waals surface area contributed by atoms with Gasteiger partial charge in [0.1, 0.15) is 0 Å². The van der Waals surface area contributed by atoms with Gasteiger partial charge in [-0.15, -0.1) is 0 Å². The Balaban J connectivity index is 2.24. The first-order chi connectivity index (χ1) is 9.63. The summed E-state index contributed by atoms with van der Waals surface area (Å²) < 4.78 is 0. The summed E-state index contributed by atoms with van der Waals surface area (Å²) in [6, 6.07) is 9.34. The fourth-order valence-electron chi connectivity index (χ4n) is 1.51. The maximum Gasteiger partial charge on any atom is 0.309 e. The van der Waals surface area contributed by atoms with E-state index < -0.39 is 17.9 Å². The molecule has 110 valence electrons. The molecule has 2 amide bonds. The summed E-state index contributed by atoms with van der Waals surface area (Å²) in [5, 5.41) is 14.5. The molecule has 0 spiro atoms. The highest BCUT2D eigenvalue weighted by molar-refractivity contribution is 7.98. The molecule has 1 atom stereocenters. The Labute approximate surface area is 123 Å². The molecule has 0 aliphatic rings. The van der Waals surface area contributed by atoms with Gasteiger partial charge in [-0.1, -0.05) is 30.3 Å². The van der Waals surface area contributed by atoms with Crippen molar-refractivity contribution in [3.05, 3.63) is 35.9 Å². The van der Waals surface area contributed by atoms with E-state index in [4.69, 9.17) is 0 Å². The van der Waals surface area contributed by atoms with Gasteiger partial charge in [0.05, 0.1) is 6.10 Å². The summed E-state index contributed by atoms with van der Waals surface area (Å²) in [5.41, 5.74) is 0.925. The van der Waals surface area contributed by atoms with Crippen LogP contribution in [0.15, 0.2) is 30.3 Å². The highest BCUT2D eigenvalue weighted by atomic mass is 32.2. The maximum atomic E-state index is 11.5. The Morgan fingerprint density at radius 3 is 2.50 bits per heavy atom. The highest BCUT2D eigenvalue weighted by Crippen LogP contribution is 1.99. The lowest BCUT2D eigenvalue weighted by Gasteiger charge is -2.11. The third-order valence-corrected chi connectivity index (χ3v) is 3.30. The average molecular weight is 296 g/mol. The molecule has 0 fully saturated rings. The van der Waals surface area contributed by atoms with Crippen LogP contribution in [0.1, 0.15) is 12.0 Å².